The van der Waals surface area contributed by atoms with Crippen LogP contribution in [0.25, 0.3) is 0 Å². The van der Waals surface area contributed by atoms with Gasteiger partial charge in [-0.1, -0.05) is 0 Å². The van der Waals surface area contributed by atoms with Gasteiger partial charge in [0.15, 0.2) is 0 Å². The highest BCUT2D eigenvalue weighted by Gasteiger charge is 2.30. The Bertz CT molecular complexity index is 137. The predicted octanol–water partition coefficient (Wildman–Crippen LogP) is -0.347. The largest absolute Gasteiger partial charge is 0.392 e. The number of carbonyl (C=O) groups excluding carboxylic acids is 1. The van der Waals surface area contributed by atoms with Crippen LogP contribution in [0.5, 0.6) is 0 Å². The number of hydrogen-bond acceptors (Lipinski definition) is 3. The molecule has 0 aromatic heterocycles. The molecule has 0 aromatic carbocycles. The van der Waals surface area contributed by atoms with Gasteiger partial charge in [0, 0.05) is 0 Å². The van der Waals surface area contributed by atoms with Crippen molar-refractivity contribution in [1.29, 1.82) is 0 Å². The van der Waals surface area contributed by atoms with Gasteiger partial charge in [0.1, 0.15) is 0 Å². The fourth-order valence-electron chi connectivity index (χ4n) is 1.33. The van der Waals surface area contributed by atoms with Gasteiger partial charge >= 0.3 is 0 Å². The molecule has 10 heavy (non-hydrogen) atoms. The molecule has 1 saturated carbocycles. The summed E-state index contributed by atoms with van der Waals surface area (Å²) in [5, 5.41) is 17.3. The molecule has 2 atom stereocenters. The number of hydrogen-bond donors (Lipinski definition) is 3. The molecule has 4 heteroatoms. The molecule has 1 amide bonds. The minimum absolute atomic E-state index is 0.398. The van der Waals surface area contributed by atoms with E-state index in [1.54, 1.807) is 0 Å². The smallest absolute Gasteiger partial charge is 0.249 e. The third-order valence-electron chi connectivity index (χ3n) is 1.93. The van der Waals surface area contributed by atoms with E-state index < -0.39 is 17.9 Å². The van der Waals surface area contributed by atoms with Crippen LogP contribution in [0.4, 0.5) is 0 Å². The van der Waals surface area contributed by atoms with Gasteiger partial charge in [-0.25, -0.2) is 5.48 Å². The number of rotatable bonds is 1. The van der Waals surface area contributed by atoms with Crippen LogP contribution in [0.1, 0.15) is 19.3 Å². The minimum atomic E-state index is -0.563. The second-order valence-electron chi connectivity index (χ2n) is 2.58. The highest BCUT2D eigenvalue weighted by molar-refractivity contribution is 5.78. The second-order valence-corrected chi connectivity index (χ2v) is 2.58. The molecule has 0 aromatic rings. The summed E-state index contributed by atoms with van der Waals surface area (Å²) in [4.78, 5) is 10.7. The van der Waals surface area contributed by atoms with Crippen molar-refractivity contribution in [3.63, 3.8) is 0 Å². The van der Waals surface area contributed by atoms with E-state index in [2.05, 4.69) is 0 Å². The molecule has 0 spiro atoms. The van der Waals surface area contributed by atoms with E-state index >= 15 is 0 Å². The van der Waals surface area contributed by atoms with E-state index in [-0.39, 0.29) is 0 Å². The van der Waals surface area contributed by atoms with Gasteiger partial charge in [-0.05, 0) is 19.3 Å². The summed E-state index contributed by atoms with van der Waals surface area (Å²) in [5.74, 6) is -0.866. The fourth-order valence-corrected chi connectivity index (χ4v) is 1.33. The molecular formula is C6H11NO3. The standard InChI is InChI=1S/C6H11NO3/c8-5-3-1-2-4(5)6(9)7-10/h4-5,8,10H,1-3H2,(H,7,9)/t4-,5+/m0/s1. The molecule has 4 nitrogen and oxygen atoms in total. The highest BCUT2D eigenvalue weighted by atomic mass is 16.5. The molecule has 1 aliphatic rings. The van der Waals surface area contributed by atoms with Crippen molar-refractivity contribution in [3.05, 3.63) is 0 Å². The van der Waals surface area contributed by atoms with Crippen LogP contribution in [0.3, 0.4) is 0 Å². The molecule has 0 radical (unpaired) electrons. The molecule has 0 heterocycles. The SMILES string of the molecule is O=C(NO)[C@H]1CCC[C@H]1O. The second kappa shape index (κ2) is 2.98. The van der Waals surface area contributed by atoms with Gasteiger partial charge in [-0.3, -0.25) is 10.0 Å². The van der Waals surface area contributed by atoms with E-state index in [9.17, 15) is 4.79 Å². The molecule has 58 valence electrons. The Morgan fingerprint density at radius 1 is 1.50 bits per heavy atom. The highest BCUT2D eigenvalue weighted by Crippen LogP contribution is 2.25. The van der Waals surface area contributed by atoms with Crippen LogP contribution in [-0.4, -0.2) is 22.3 Å². The summed E-state index contributed by atoms with van der Waals surface area (Å²) in [7, 11) is 0. The van der Waals surface area contributed by atoms with Crippen LogP contribution in [0.2, 0.25) is 0 Å². The normalized spacial score (nSPS) is 32.2. The van der Waals surface area contributed by atoms with Crippen molar-refractivity contribution in [2.45, 2.75) is 25.4 Å². The average Bonchev–Trinajstić information content (AvgIpc) is 2.34. The summed E-state index contributed by atoms with van der Waals surface area (Å²) in [6.45, 7) is 0. The van der Waals surface area contributed by atoms with Crippen molar-refractivity contribution in [2.75, 3.05) is 0 Å². The van der Waals surface area contributed by atoms with Gasteiger partial charge in [-0.2, -0.15) is 0 Å². The van der Waals surface area contributed by atoms with Gasteiger partial charge in [0.25, 0.3) is 0 Å². The quantitative estimate of drug-likeness (QED) is 0.349. The maximum atomic E-state index is 10.7. The van der Waals surface area contributed by atoms with Gasteiger partial charge in [0.2, 0.25) is 5.91 Å². The van der Waals surface area contributed by atoms with Crippen LogP contribution < -0.4 is 5.48 Å². The summed E-state index contributed by atoms with van der Waals surface area (Å²) < 4.78 is 0. The fraction of sp³-hybridized carbons (Fsp3) is 0.833. The zero-order valence-electron chi connectivity index (χ0n) is 5.58. The van der Waals surface area contributed by atoms with E-state index in [1.807, 2.05) is 0 Å². The number of aliphatic hydroxyl groups is 1. The summed E-state index contributed by atoms with van der Waals surface area (Å²) in [6.07, 6.45) is 1.64. The Kier molecular flexibility index (Phi) is 2.24. The van der Waals surface area contributed by atoms with Gasteiger partial charge in [0.05, 0.1) is 12.0 Å². The molecule has 1 aliphatic carbocycles. The van der Waals surface area contributed by atoms with Crippen molar-refractivity contribution in [1.82, 2.24) is 5.48 Å². The Morgan fingerprint density at radius 2 is 2.20 bits per heavy atom. The lowest BCUT2D eigenvalue weighted by molar-refractivity contribution is -0.135. The van der Waals surface area contributed by atoms with E-state index in [0.717, 1.165) is 6.42 Å². The summed E-state index contributed by atoms with van der Waals surface area (Å²) >= 11 is 0. The average molecular weight is 145 g/mol. The lowest BCUT2D eigenvalue weighted by atomic mass is 10.1. The van der Waals surface area contributed by atoms with E-state index in [1.165, 1.54) is 5.48 Å². The van der Waals surface area contributed by atoms with E-state index in [4.69, 9.17) is 10.3 Å². The zero-order chi connectivity index (χ0) is 7.56. The van der Waals surface area contributed by atoms with Crippen molar-refractivity contribution >= 4 is 5.91 Å². The van der Waals surface area contributed by atoms with Crippen LogP contribution in [-0.2, 0) is 4.79 Å². The topological polar surface area (TPSA) is 69.6 Å². The van der Waals surface area contributed by atoms with Gasteiger partial charge < -0.3 is 5.11 Å². The van der Waals surface area contributed by atoms with Crippen molar-refractivity contribution in [2.24, 2.45) is 5.92 Å². The summed E-state index contributed by atoms with van der Waals surface area (Å²) in [6, 6.07) is 0. The Hall–Kier alpha value is -0.610. The monoisotopic (exact) mass is 145 g/mol. The number of nitrogens with one attached hydrogen (secondary N) is 1. The lowest BCUT2D eigenvalue weighted by Gasteiger charge is -2.10. The molecule has 1 fully saturated rings. The van der Waals surface area contributed by atoms with Crippen LogP contribution >= 0.6 is 0 Å². The zero-order valence-corrected chi connectivity index (χ0v) is 5.58. The first-order valence-electron chi connectivity index (χ1n) is 3.37. The lowest BCUT2D eigenvalue weighted by Crippen LogP contribution is -2.32. The van der Waals surface area contributed by atoms with Gasteiger partial charge in [-0.15, -0.1) is 0 Å². The number of carbonyl (C=O) groups is 1. The molecule has 0 bridgehead atoms. The number of hydroxylamine groups is 1. The third kappa shape index (κ3) is 1.27. The molecule has 3 N–H and O–H groups in total. The van der Waals surface area contributed by atoms with E-state index in [0.29, 0.717) is 12.8 Å². The Labute approximate surface area is 58.8 Å². The Morgan fingerprint density at radius 3 is 2.60 bits per heavy atom. The number of aliphatic hydroxyl groups excluding tert-OH is 1. The third-order valence-corrected chi connectivity index (χ3v) is 1.93. The molecular weight excluding hydrogens is 134 g/mol. The molecule has 0 unspecified atom stereocenters. The number of amides is 1. The Balaban J connectivity index is 2.46. The first-order chi connectivity index (χ1) is 4.75. The predicted molar refractivity (Wildman–Crippen MR) is 33.3 cm³/mol. The first-order valence-corrected chi connectivity index (χ1v) is 3.37. The first kappa shape index (κ1) is 7.50. The van der Waals surface area contributed by atoms with Crippen molar-refractivity contribution < 1.29 is 15.1 Å². The maximum absolute atomic E-state index is 10.7. The minimum Gasteiger partial charge on any atom is -0.392 e. The van der Waals surface area contributed by atoms with Crippen molar-refractivity contribution in [3.8, 4) is 0 Å². The maximum Gasteiger partial charge on any atom is 0.249 e. The summed E-state index contributed by atoms with van der Waals surface area (Å²) in [5.41, 5.74) is 1.54. The molecule has 0 saturated heterocycles. The molecule has 0 aliphatic heterocycles. The van der Waals surface area contributed by atoms with Crippen LogP contribution in [0, 0.1) is 5.92 Å². The molecule has 1 rings (SSSR count). The van der Waals surface area contributed by atoms with Crippen LogP contribution in [0.15, 0.2) is 0 Å².